The minimum Gasteiger partial charge on any atom is -0.490 e. The van der Waals surface area contributed by atoms with Gasteiger partial charge in [-0.3, -0.25) is 0 Å². The molecule has 0 aliphatic carbocycles. The molecule has 1 aromatic heterocycles. The van der Waals surface area contributed by atoms with Gasteiger partial charge in [0.1, 0.15) is 13.1 Å². The molecule has 2 aromatic carbocycles. The summed E-state index contributed by atoms with van der Waals surface area (Å²) in [5, 5.41) is 3.55. The minimum atomic E-state index is 0.608. The molecule has 0 amide bonds. The van der Waals surface area contributed by atoms with Crippen molar-refractivity contribution < 1.29 is 19.1 Å². The van der Waals surface area contributed by atoms with E-state index in [1.165, 1.54) is 5.52 Å². The Morgan fingerprint density at radius 2 is 1.81 bits per heavy atom. The fraction of sp³-hybridized carbons (Fsp3) is 0.458. The average Bonchev–Trinajstić information content (AvgIpc) is 3.16. The molecule has 0 radical (unpaired) electrons. The first kappa shape index (κ1) is 21.5. The van der Waals surface area contributed by atoms with Gasteiger partial charge in [0.05, 0.1) is 50.6 Å². The lowest BCUT2D eigenvalue weighted by Crippen LogP contribution is -3.14. The third-order valence-electron chi connectivity index (χ3n) is 5.60. The molecule has 0 bridgehead atoms. The average molecular weight is 426 g/mol. The van der Waals surface area contributed by atoms with Crippen LogP contribution < -0.4 is 19.7 Å². The van der Waals surface area contributed by atoms with Gasteiger partial charge in [-0.25, -0.2) is 4.98 Å². The zero-order valence-electron chi connectivity index (χ0n) is 18.5. The molecule has 31 heavy (non-hydrogen) atoms. The third kappa shape index (κ3) is 5.29. The lowest BCUT2D eigenvalue weighted by molar-refractivity contribution is -0.908. The smallest absolute Gasteiger partial charge is 0.204 e. The Morgan fingerprint density at radius 3 is 2.61 bits per heavy atom. The van der Waals surface area contributed by atoms with Crippen LogP contribution in [0.2, 0.25) is 0 Å². The fourth-order valence-electron chi connectivity index (χ4n) is 4.00. The first-order valence-corrected chi connectivity index (χ1v) is 11.3. The molecule has 2 N–H and O–H groups in total. The number of imidazole rings is 1. The van der Waals surface area contributed by atoms with Crippen molar-refractivity contribution in [2.45, 2.75) is 26.9 Å². The molecule has 166 valence electrons. The van der Waals surface area contributed by atoms with E-state index in [4.69, 9.17) is 19.2 Å². The summed E-state index contributed by atoms with van der Waals surface area (Å²) in [6, 6.07) is 14.4. The highest BCUT2D eigenvalue weighted by Gasteiger charge is 2.16. The number of quaternary nitrogens is 1. The van der Waals surface area contributed by atoms with E-state index in [9.17, 15) is 0 Å². The maximum Gasteiger partial charge on any atom is 0.204 e. The number of nitrogens with one attached hydrogen (secondary N) is 2. The van der Waals surface area contributed by atoms with Gasteiger partial charge in [-0.05, 0) is 43.7 Å². The molecule has 3 aromatic rings. The van der Waals surface area contributed by atoms with Gasteiger partial charge >= 0.3 is 0 Å². The molecule has 0 spiro atoms. The maximum atomic E-state index is 5.77. The fourth-order valence-corrected chi connectivity index (χ4v) is 4.00. The number of hydrogen-bond acceptors (Lipinski definition) is 5. The topological polar surface area (TPSA) is 62.0 Å². The van der Waals surface area contributed by atoms with Crippen molar-refractivity contribution >= 4 is 17.0 Å². The number of nitrogens with zero attached hydrogens (tertiary/aromatic N) is 2. The molecule has 0 saturated carbocycles. The van der Waals surface area contributed by atoms with E-state index in [1.54, 1.807) is 4.90 Å². The van der Waals surface area contributed by atoms with Crippen LogP contribution in [-0.4, -0.2) is 55.6 Å². The first-order chi connectivity index (χ1) is 15.3. The predicted octanol–water partition coefficient (Wildman–Crippen LogP) is 2.36. The Balaban J connectivity index is 1.50. The van der Waals surface area contributed by atoms with Crippen LogP contribution >= 0.6 is 0 Å². The van der Waals surface area contributed by atoms with Crippen LogP contribution in [0.4, 0.5) is 5.95 Å². The quantitative estimate of drug-likeness (QED) is 0.522. The van der Waals surface area contributed by atoms with Crippen LogP contribution in [0.5, 0.6) is 11.5 Å². The third-order valence-corrected chi connectivity index (χ3v) is 5.60. The molecule has 7 nitrogen and oxygen atoms in total. The summed E-state index contributed by atoms with van der Waals surface area (Å²) >= 11 is 0. The van der Waals surface area contributed by atoms with Crippen molar-refractivity contribution in [2.24, 2.45) is 0 Å². The van der Waals surface area contributed by atoms with Crippen molar-refractivity contribution in [1.82, 2.24) is 9.55 Å². The van der Waals surface area contributed by atoms with Crippen molar-refractivity contribution in [3.63, 3.8) is 0 Å². The van der Waals surface area contributed by atoms with Crippen molar-refractivity contribution in [2.75, 3.05) is 51.4 Å². The van der Waals surface area contributed by atoms with E-state index in [0.717, 1.165) is 67.9 Å². The molecule has 0 unspecified atom stereocenters. The number of rotatable bonds is 10. The molecule has 1 saturated heterocycles. The van der Waals surface area contributed by atoms with Crippen molar-refractivity contribution in [3.05, 3.63) is 48.0 Å². The molecule has 2 heterocycles. The number of anilines is 1. The monoisotopic (exact) mass is 425 g/mol. The largest absolute Gasteiger partial charge is 0.490 e. The van der Waals surface area contributed by atoms with E-state index >= 15 is 0 Å². The summed E-state index contributed by atoms with van der Waals surface area (Å²) in [6.45, 7) is 11.7. The second kappa shape index (κ2) is 10.5. The highest BCUT2D eigenvalue weighted by molar-refractivity contribution is 5.78. The molecule has 7 heteroatoms. The van der Waals surface area contributed by atoms with Gasteiger partial charge in [0.25, 0.3) is 0 Å². The van der Waals surface area contributed by atoms with Crippen LogP contribution in [0.3, 0.4) is 0 Å². The summed E-state index contributed by atoms with van der Waals surface area (Å²) in [7, 11) is 0. The number of para-hydroxylation sites is 2. The molecular weight excluding hydrogens is 392 g/mol. The first-order valence-electron chi connectivity index (χ1n) is 11.3. The van der Waals surface area contributed by atoms with E-state index in [2.05, 4.69) is 34.1 Å². The highest BCUT2D eigenvalue weighted by atomic mass is 16.5. The second-order valence-electron chi connectivity index (χ2n) is 7.69. The van der Waals surface area contributed by atoms with Crippen LogP contribution in [-0.2, 0) is 17.8 Å². The minimum absolute atomic E-state index is 0.608. The standard InChI is InChI=1S/C24H32N4O3/c1-3-30-22-10-9-19(17-23(22)31-4-2)18-25-24-26-20-7-5-6-8-21(20)28(24)12-11-27-13-15-29-16-14-27/h5-10,17H,3-4,11-16,18H2,1-2H3,(H,25,26)/p+1. The van der Waals surface area contributed by atoms with Crippen molar-refractivity contribution in [1.29, 1.82) is 0 Å². The van der Waals surface area contributed by atoms with Gasteiger partial charge in [-0.2, -0.15) is 0 Å². The zero-order chi connectivity index (χ0) is 21.5. The van der Waals surface area contributed by atoms with Gasteiger partial charge < -0.3 is 29.0 Å². The number of ether oxygens (including phenoxy) is 3. The van der Waals surface area contributed by atoms with Gasteiger partial charge in [0.15, 0.2) is 11.5 Å². The normalized spacial score (nSPS) is 14.6. The molecule has 1 aliphatic heterocycles. The lowest BCUT2D eigenvalue weighted by Gasteiger charge is -2.24. The molecule has 0 atom stereocenters. The summed E-state index contributed by atoms with van der Waals surface area (Å²) < 4.78 is 19.3. The van der Waals surface area contributed by atoms with Crippen LogP contribution in [0.15, 0.2) is 42.5 Å². The molecule has 4 rings (SSSR count). The second-order valence-corrected chi connectivity index (χ2v) is 7.69. The van der Waals surface area contributed by atoms with E-state index in [-0.39, 0.29) is 0 Å². The van der Waals surface area contributed by atoms with Crippen LogP contribution in [0, 0.1) is 0 Å². The Hall–Kier alpha value is -2.77. The van der Waals surface area contributed by atoms with E-state index < -0.39 is 0 Å². The number of aromatic nitrogens is 2. The number of morpholine rings is 1. The number of benzene rings is 2. The number of fused-ring (bicyclic) bond motifs is 1. The Labute approximate surface area is 183 Å². The summed E-state index contributed by atoms with van der Waals surface area (Å²) in [5.41, 5.74) is 3.31. The Morgan fingerprint density at radius 1 is 1.03 bits per heavy atom. The Bertz CT molecular complexity index is 982. The van der Waals surface area contributed by atoms with Gasteiger partial charge in [-0.1, -0.05) is 18.2 Å². The van der Waals surface area contributed by atoms with E-state index in [1.807, 2.05) is 32.0 Å². The number of hydrogen-bond donors (Lipinski definition) is 2. The molecule has 1 fully saturated rings. The molecule has 1 aliphatic rings. The van der Waals surface area contributed by atoms with Crippen LogP contribution in [0.1, 0.15) is 19.4 Å². The highest BCUT2D eigenvalue weighted by Crippen LogP contribution is 2.29. The molecular formula is C24H33N4O3+. The van der Waals surface area contributed by atoms with E-state index in [0.29, 0.717) is 19.8 Å². The lowest BCUT2D eigenvalue weighted by atomic mass is 10.2. The van der Waals surface area contributed by atoms with Crippen LogP contribution in [0.25, 0.3) is 11.0 Å². The summed E-state index contributed by atoms with van der Waals surface area (Å²) in [5.74, 6) is 2.47. The summed E-state index contributed by atoms with van der Waals surface area (Å²) in [4.78, 5) is 6.45. The van der Waals surface area contributed by atoms with Gasteiger partial charge in [0.2, 0.25) is 5.95 Å². The predicted molar refractivity (Wildman–Crippen MR) is 122 cm³/mol. The van der Waals surface area contributed by atoms with Crippen molar-refractivity contribution in [3.8, 4) is 11.5 Å². The zero-order valence-corrected chi connectivity index (χ0v) is 18.5. The summed E-state index contributed by atoms with van der Waals surface area (Å²) in [6.07, 6.45) is 0. The maximum absolute atomic E-state index is 5.77. The van der Waals surface area contributed by atoms with Gasteiger partial charge in [-0.15, -0.1) is 0 Å². The SMILES string of the molecule is CCOc1ccc(CNc2nc3ccccc3n2CC[NH+]2CCOCC2)cc1OCC. The Kier molecular flexibility index (Phi) is 7.27. The van der Waals surface area contributed by atoms with Gasteiger partial charge in [0, 0.05) is 6.54 Å².